The number of aliphatic carboxylic acids is 1. The molecule has 0 aliphatic rings. The number of aliphatic hydroxyl groups excluding tert-OH is 1. The van der Waals surface area contributed by atoms with Gasteiger partial charge < -0.3 is 36.9 Å². The van der Waals surface area contributed by atoms with Crippen LogP contribution in [0.25, 0.3) is 0 Å². The molecule has 5 atom stereocenters. The Kier molecular flexibility index (Phi) is 11.9. The molecule has 0 radical (unpaired) electrons. The average molecular weight is 487 g/mol. The van der Waals surface area contributed by atoms with Crippen LogP contribution in [0.15, 0.2) is 12.5 Å². The van der Waals surface area contributed by atoms with E-state index in [9.17, 15) is 29.4 Å². The Morgan fingerprint density at radius 1 is 1.09 bits per heavy atom. The maximum Gasteiger partial charge on any atom is 0.328 e. The van der Waals surface area contributed by atoms with Crippen LogP contribution in [0.5, 0.6) is 0 Å². The maximum atomic E-state index is 13.0. The predicted octanol–water partition coefficient (Wildman–Crippen LogP) is -1.39. The Morgan fingerprint density at radius 3 is 2.21 bits per heavy atom. The molecule has 8 N–H and O–H groups in total. The monoisotopic (exact) mass is 486 g/mol. The summed E-state index contributed by atoms with van der Waals surface area (Å²) in [5.74, 6) is -3.10. The summed E-state index contributed by atoms with van der Waals surface area (Å²) in [4.78, 5) is 56.2. The van der Waals surface area contributed by atoms with Crippen molar-refractivity contribution in [2.24, 2.45) is 11.7 Å². The number of hydrogen-bond donors (Lipinski definition) is 7. The molecule has 0 fully saturated rings. The van der Waals surface area contributed by atoms with Crippen molar-refractivity contribution in [1.82, 2.24) is 25.9 Å². The van der Waals surface area contributed by atoms with E-state index in [1.165, 1.54) is 25.0 Å². The number of amides is 3. The van der Waals surface area contributed by atoms with Gasteiger partial charge in [0.05, 0.1) is 18.5 Å². The third-order valence-electron chi connectivity index (χ3n) is 4.87. The highest BCUT2D eigenvalue weighted by atomic mass is 32.2. The second-order valence-corrected chi connectivity index (χ2v) is 9.01. The molecule has 0 aromatic carbocycles. The molecule has 13 heteroatoms. The molecule has 3 amide bonds. The van der Waals surface area contributed by atoms with Gasteiger partial charge in [-0.05, 0) is 31.3 Å². The molecule has 186 valence electrons. The Morgan fingerprint density at radius 2 is 1.73 bits per heavy atom. The fourth-order valence-corrected chi connectivity index (χ4v) is 3.40. The molecule has 0 aliphatic carbocycles. The molecule has 33 heavy (non-hydrogen) atoms. The summed E-state index contributed by atoms with van der Waals surface area (Å²) >= 11 is 1.48. The molecule has 0 spiro atoms. The van der Waals surface area contributed by atoms with Gasteiger partial charge in [-0.2, -0.15) is 11.8 Å². The van der Waals surface area contributed by atoms with Gasteiger partial charge in [0, 0.05) is 18.3 Å². The van der Waals surface area contributed by atoms with Gasteiger partial charge in [-0.25, -0.2) is 9.78 Å². The number of nitrogens with zero attached hydrogens (tertiary/aromatic N) is 1. The van der Waals surface area contributed by atoms with Crippen LogP contribution in [0.4, 0.5) is 0 Å². The molecule has 1 aromatic rings. The summed E-state index contributed by atoms with van der Waals surface area (Å²) in [6, 6.07) is -4.46. The van der Waals surface area contributed by atoms with Crippen LogP contribution in [0, 0.1) is 5.92 Å². The number of carbonyl (C=O) groups is 4. The van der Waals surface area contributed by atoms with E-state index in [4.69, 9.17) is 5.73 Å². The van der Waals surface area contributed by atoms with Crippen molar-refractivity contribution in [3.63, 3.8) is 0 Å². The normalized spacial score (nSPS) is 15.7. The fraction of sp³-hybridized carbons (Fsp3) is 0.650. The molecule has 0 saturated heterocycles. The zero-order chi connectivity index (χ0) is 25.1. The number of aromatic nitrogens is 2. The lowest BCUT2D eigenvalue weighted by molar-refractivity contribution is -0.145. The van der Waals surface area contributed by atoms with Crippen LogP contribution in [0.1, 0.15) is 32.9 Å². The summed E-state index contributed by atoms with van der Waals surface area (Å²) in [6.45, 7) is 4.60. The molecule has 5 unspecified atom stereocenters. The number of aromatic amines is 1. The number of H-pyrrole nitrogens is 1. The number of carboxylic acid groups (broad SMARTS) is 1. The van der Waals surface area contributed by atoms with Crippen molar-refractivity contribution in [2.75, 3.05) is 12.0 Å². The lowest BCUT2D eigenvalue weighted by Gasteiger charge is -2.27. The van der Waals surface area contributed by atoms with Crippen LogP contribution >= 0.6 is 11.8 Å². The van der Waals surface area contributed by atoms with Crippen molar-refractivity contribution in [3.8, 4) is 0 Å². The number of aliphatic hydroxyl groups is 1. The minimum atomic E-state index is -1.52. The van der Waals surface area contributed by atoms with E-state index in [0.717, 1.165) is 0 Å². The second kappa shape index (κ2) is 13.8. The Bertz CT molecular complexity index is 788. The van der Waals surface area contributed by atoms with Crippen LogP contribution in [0.3, 0.4) is 0 Å². The van der Waals surface area contributed by atoms with Gasteiger partial charge in [0.1, 0.15) is 12.1 Å². The molecule has 0 saturated carbocycles. The molecule has 0 aliphatic heterocycles. The highest BCUT2D eigenvalue weighted by Gasteiger charge is 2.33. The maximum absolute atomic E-state index is 13.0. The van der Waals surface area contributed by atoms with Crippen molar-refractivity contribution in [3.05, 3.63) is 18.2 Å². The number of carboxylic acids is 1. The highest BCUT2D eigenvalue weighted by Crippen LogP contribution is 2.08. The summed E-state index contributed by atoms with van der Waals surface area (Å²) < 4.78 is 0. The summed E-state index contributed by atoms with van der Waals surface area (Å²) in [5.41, 5.74) is 6.63. The number of nitrogens with two attached hydrogens (primary N) is 1. The van der Waals surface area contributed by atoms with Gasteiger partial charge in [-0.1, -0.05) is 13.8 Å². The van der Waals surface area contributed by atoms with Crippen molar-refractivity contribution in [2.45, 2.75) is 63.9 Å². The number of carbonyl (C=O) groups excluding carboxylic acids is 3. The average Bonchev–Trinajstić information content (AvgIpc) is 3.24. The number of thioether (sulfide) groups is 1. The minimum absolute atomic E-state index is 0.204. The molecule has 1 heterocycles. The molecule has 0 bridgehead atoms. The van der Waals surface area contributed by atoms with Gasteiger partial charge in [0.25, 0.3) is 0 Å². The largest absolute Gasteiger partial charge is 0.480 e. The van der Waals surface area contributed by atoms with E-state index in [1.54, 1.807) is 20.0 Å². The Balaban J connectivity index is 2.88. The van der Waals surface area contributed by atoms with Gasteiger partial charge in [0.15, 0.2) is 6.04 Å². The zero-order valence-electron chi connectivity index (χ0n) is 19.2. The fourth-order valence-electron chi connectivity index (χ4n) is 2.93. The minimum Gasteiger partial charge on any atom is -0.480 e. The Hall–Kier alpha value is -2.64. The zero-order valence-corrected chi connectivity index (χ0v) is 20.0. The van der Waals surface area contributed by atoms with Crippen LogP contribution in [-0.2, 0) is 25.6 Å². The number of imidazole rings is 1. The number of nitrogens with one attached hydrogen (secondary N) is 4. The molecule has 12 nitrogen and oxygen atoms in total. The smallest absolute Gasteiger partial charge is 0.328 e. The third kappa shape index (κ3) is 9.40. The van der Waals surface area contributed by atoms with Crippen LogP contribution in [-0.4, -0.2) is 86.2 Å². The van der Waals surface area contributed by atoms with E-state index >= 15 is 0 Å². The summed E-state index contributed by atoms with van der Waals surface area (Å²) in [7, 11) is 0. The summed E-state index contributed by atoms with van der Waals surface area (Å²) in [6.07, 6.45) is 4.04. The first-order chi connectivity index (χ1) is 15.5. The van der Waals surface area contributed by atoms with E-state index < -0.39 is 59.9 Å². The van der Waals surface area contributed by atoms with Crippen LogP contribution in [0.2, 0.25) is 0 Å². The second-order valence-electron chi connectivity index (χ2n) is 8.03. The van der Waals surface area contributed by atoms with E-state index in [0.29, 0.717) is 17.9 Å². The van der Waals surface area contributed by atoms with Gasteiger partial charge >= 0.3 is 5.97 Å². The number of rotatable bonds is 14. The van der Waals surface area contributed by atoms with E-state index in [1.807, 2.05) is 6.26 Å². The lowest BCUT2D eigenvalue weighted by Crippen LogP contribution is -2.59. The van der Waals surface area contributed by atoms with E-state index in [-0.39, 0.29) is 6.42 Å². The first-order valence-corrected chi connectivity index (χ1v) is 11.9. The molecule has 1 rings (SSSR count). The highest BCUT2D eigenvalue weighted by molar-refractivity contribution is 7.98. The van der Waals surface area contributed by atoms with Gasteiger partial charge in [-0.15, -0.1) is 0 Å². The first kappa shape index (κ1) is 28.4. The first-order valence-electron chi connectivity index (χ1n) is 10.5. The molecule has 1 aromatic heterocycles. The van der Waals surface area contributed by atoms with Crippen molar-refractivity contribution in [1.29, 1.82) is 0 Å². The number of hydrogen-bond acceptors (Lipinski definition) is 8. The predicted molar refractivity (Wildman–Crippen MR) is 123 cm³/mol. The lowest BCUT2D eigenvalue weighted by atomic mass is 10.0. The Labute approximate surface area is 196 Å². The topological polar surface area (TPSA) is 200 Å². The SMILES string of the molecule is CSCCC(NC(=O)C(N)Cc1cnc[nH]1)C(=O)NC(C(=O)NC(C(=O)O)C(C)O)C(C)C. The van der Waals surface area contributed by atoms with Crippen molar-refractivity contribution >= 4 is 35.5 Å². The quantitative estimate of drug-likeness (QED) is 0.165. The van der Waals surface area contributed by atoms with Gasteiger partial charge in [-0.3, -0.25) is 14.4 Å². The van der Waals surface area contributed by atoms with Crippen LogP contribution < -0.4 is 21.7 Å². The van der Waals surface area contributed by atoms with Gasteiger partial charge in [0.2, 0.25) is 17.7 Å². The third-order valence-corrected chi connectivity index (χ3v) is 5.51. The van der Waals surface area contributed by atoms with Crippen molar-refractivity contribution < 1.29 is 29.4 Å². The van der Waals surface area contributed by atoms with E-state index in [2.05, 4.69) is 25.9 Å². The standard InChI is InChI=1S/C20H34N6O6S/c1-10(2)15(19(30)26-16(11(3)27)20(31)32)25-18(29)14(5-6-33-4)24-17(28)13(21)7-12-8-22-9-23-12/h8-11,13-16,27H,5-7,21H2,1-4H3,(H,22,23)(H,24,28)(H,25,29)(H,26,30)(H,31,32). The molecular formula is C20H34N6O6S. The molecular weight excluding hydrogens is 452 g/mol. The summed E-state index contributed by atoms with van der Waals surface area (Å²) in [5, 5.41) is 26.3.